The molecule has 0 radical (unpaired) electrons. The second-order valence-electron chi connectivity index (χ2n) is 5.82. The van der Waals surface area contributed by atoms with Crippen molar-refractivity contribution in [3.63, 3.8) is 0 Å². The molecule has 2 aromatic rings. The van der Waals surface area contributed by atoms with Crippen LogP contribution in [-0.4, -0.2) is 41.2 Å². The predicted octanol–water partition coefficient (Wildman–Crippen LogP) is 3.34. The summed E-state index contributed by atoms with van der Waals surface area (Å²) in [5, 5.41) is 14.0. The van der Waals surface area contributed by atoms with Crippen LogP contribution in [-0.2, 0) is 11.2 Å². The van der Waals surface area contributed by atoms with Crippen molar-refractivity contribution < 1.29 is 9.66 Å². The minimum atomic E-state index is -0.418. The zero-order valence-electron chi connectivity index (χ0n) is 14.6. The minimum absolute atomic E-state index is 0. The number of rotatable bonds is 6. The molecule has 1 aromatic heterocycles. The molecule has 1 aliphatic heterocycles. The zero-order chi connectivity index (χ0) is 17.6. The van der Waals surface area contributed by atoms with Gasteiger partial charge in [-0.05, 0) is 12.5 Å². The van der Waals surface area contributed by atoms with Gasteiger partial charge in [0.15, 0.2) is 0 Å². The zero-order valence-corrected chi connectivity index (χ0v) is 15.4. The molecule has 1 aromatic carbocycles. The van der Waals surface area contributed by atoms with Gasteiger partial charge in [0.05, 0.1) is 18.1 Å². The van der Waals surface area contributed by atoms with Gasteiger partial charge < -0.3 is 15.0 Å². The molecule has 0 bridgehead atoms. The summed E-state index contributed by atoms with van der Waals surface area (Å²) < 4.78 is 5.40. The molecule has 2 heterocycles. The molecule has 1 saturated heterocycles. The van der Waals surface area contributed by atoms with Crippen LogP contribution >= 0.6 is 12.4 Å². The third-order valence-corrected chi connectivity index (χ3v) is 3.92. The van der Waals surface area contributed by atoms with E-state index in [9.17, 15) is 10.1 Å². The van der Waals surface area contributed by atoms with Crippen molar-refractivity contribution in [3.8, 4) is 0 Å². The van der Waals surface area contributed by atoms with Crippen LogP contribution in [0.4, 0.5) is 23.1 Å². The second-order valence-corrected chi connectivity index (χ2v) is 5.82. The highest BCUT2D eigenvalue weighted by molar-refractivity contribution is 5.85. The van der Waals surface area contributed by atoms with Crippen LogP contribution in [0.5, 0.6) is 0 Å². The number of anilines is 3. The average Bonchev–Trinajstić information content (AvgIpc) is 2.63. The number of nitrogens with one attached hydrogen (secondary N) is 1. The SMILES string of the molecule is CCCc1cc(N2CCOCC2)nc(Nc2cccc([N+](=O)[O-])c2)n1.Cl. The fraction of sp³-hybridized carbons (Fsp3) is 0.412. The van der Waals surface area contributed by atoms with E-state index < -0.39 is 4.92 Å². The Kier molecular flexibility index (Phi) is 7.11. The molecule has 1 fully saturated rings. The van der Waals surface area contributed by atoms with Gasteiger partial charge in [-0.25, -0.2) is 4.98 Å². The van der Waals surface area contributed by atoms with E-state index in [1.165, 1.54) is 12.1 Å². The number of halogens is 1. The molecule has 0 spiro atoms. The number of nitro benzene ring substituents is 1. The fourth-order valence-electron chi connectivity index (χ4n) is 2.70. The van der Waals surface area contributed by atoms with E-state index in [0.717, 1.165) is 37.4 Å². The van der Waals surface area contributed by atoms with Crippen molar-refractivity contribution in [3.05, 3.63) is 46.1 Å². The third kappa shape index (κ3) is 5.03. The van der Waals surface area contributed by atoms with Crippen LogP contribution in [0.2, 0.25) is 0 Å². The summed E-state index contributed by atoms with van der Waals surface area (Å²) in [6.45, 7) is 5.04. The number of nitro groups is 1. The van der Waals surface area contributed by atoms with Gasteiger partial charge in [0.25, 0.3) is 5.69 Å². The van der Waals surface area contributed by atoms with Crippen LogP contribution in [0.15, 0.2) is 30.3 Å². The number of aromatic nitrogens is 2. The second kappa shape index (κ2) is 9.30. The summed E-state index contributed by atoms with van der Waals surface area (Å²) in [5.74, 6) is 1.31. The Labute approximate surface area is 158 Å². The molecule has 0 aliphatic carbocycles. The van der Waals surface area contributed by atoms with E-state index in [0.29, 0.717) is 24.8 Å². The Hall–Kier alpha value is -2.45. The lowest BCUT2D eigenvalue weighted by atomic mass is 10.2. The third-order valence-electron chi connectivity index (χ3n) is 3.92. The van der Waals surface area contributed by atoms with Gasteiger partial charge in [0.2, 0.25) is 5.95 Å². The molecular formula is C17H22ClN5O3. The minimum Gasteiger partial charge on any atom is -0.378 e. The van der Waals surface area contributed by atoms with E-state index in [-0.39, 0.29) is 18.1 Å². The monoisotopic (exact) mass is 379 g/mol. The van der Waals surface area contributed by atoms with Crippen molar-refractivity contribution in [2.45, 2.75) is 19.8 Å². The Morgan fingerprint density at radius 3 is 2.73 bits per heavy atom. The van der Waals surface area contributed by atoms with Crippen LogP contribution in [0.1, 0.15) is 19.0 Å². The summed E-state index contributed by atoms with van der Waals surface area (Å²) >= 11 is 0. The van der Waals surface area contributed by atoms with Crippen LogP contribution in [0.3, 0.4) is 0 Å². The van der Waals surface area contributed by atoms with Crippen molar-refractivity contribution in [2.75, 3.05) is 36.5 Å². The van der Waals surface area contributed by atoms with Crippen molar-refractivity contribution in [1.29, 1.82) is 0 Å². The maximum atomic E-state index is 10.9. The summed E-state index contributed by atoms with van der Waals surface area (Å²) in [5.41, 5.74) is 1.57. The Balaban J connectivity index is 0.00000243. The molecule has 1 N–H and O–H groups in total. The molecule has 8 nitrogen and oxygen atoms in total. The van der Waals surface area contributed by atoms with Gasteiger partial charge in [-0.2, -0.15) is 4.98 Å². The molecule has 26 heavy (non-hydrogen) atoms. The van der Waals surface area contributed by atoms with Crippen LogP contribution < -0.4 is 10.2 Å². The average molecular weight is 380 g/mol. The molecule has 9 heteroatoms. The number of hydrogen-bond acceptors (Lipinski definition) is 7. The number of nitrogens with zero attached hydrogens (tertiary/aromatic N) is 4. The Morgan fingerprint density at radius 1 is 1.27 bits per heavy atom. The van der Waals surface area contributed by atoms with Gasteiger partial charge in [-0.1, -0.05) is 19.4 Å². The first-order chi connectivity index (χ1) is 12.2. The summed E-state index contributed by atoms with van der Waals surface area (Å²) in [7, 11) is 0. The maximum absolute atomic E-state index is 10.9. The summed E-state index contributed by atoms with van der Waals surface area (Å²) in [6, 6.07) is 8.34. The predicted molar refractivity (Wildman–Crippen MR) is 103 cm³/mol. The highest BCUT2D eigenvalue weighted by atomic mass is 35.5. The smallest absolute Gasteiger partial charge is 0.271 e. The lowest BCUT2D eigenvalue weighted by Gasteiger charge is -2.28. The van der Waals surface area contributed by atoms with Crippen LogP contribution in [0, 0.1) is 10.1 Å². The van der Waals surface area contributed by atoms with Crippen molar-refractivity contribution in [1.82, 2.24) is 9.97 Å². The van der Waals surface area contributed by atoms with Crippen molar-refractivity contribution in [2.24, 2.45) is 0 Å². The molecule has 1 aliphatic rings. The van der Waals surface area contributed by atoms with E-state index in [4.69, 9.17) is 4.74 Å². The molecular weight excluding hydrogens is 358 g/mol. The maximum Gasteiger partial charge on any atom is 0.271 e. The van der Waals surface area contributed by atoms with Crippen molar-refractivity contribution >= 4 is 35.5 Å². The molecule has 140 valence electrons. The highest BCUT2D eigenvalue weighted by Gasteiger charge is 2.15. The highest BCUT2D eigenvalue weighted by Crippen LogP contribution is 2.22. The van der Waals surface area contributed by atoms with Gasteiger partial charge in [0, 0.05) is 42.7 Å². The van der Waals surface area contributed by atoms with E-state index in [1.807, 2.05) is 6.07 Å². The first-order valence-electron chi connectivity index (χ1n) is 8.38. The quantitative estimate of drug-likeness (QED) is 0.607. The van der Waals surface area contributed by atoms with Crippen LogP contribution in [0.25, 0.3) is 0 Å². The number of benzene rings is 1. The lowest BCUT2D eigenvalue weighted by Crippen LogP contribution is -2.37. The molecule has 0 amide bonds. The Bertz CT molecular complexity index is 753. The number of aryl methyl sites for hydroxylation is 1. The van der Waals surface area contributed by atoms with Gasteiger partial charge >= 0.3 is 0 Å². The van der Waals surface area contributed by atoms with Gasteiger partial charge in [-0.15, -0.1) is 12.4 Å². The normalized spacial score (nSPS) is 13.8. The topological polar surface area (TPSA) is 93.4 Å². The fourth-order valence-corrected chi connectivity index (χ4v) is 2.70. The van der Waals surface area contributed by atoms with E-state index in [2.05, 4.69) is 27.1 Å². The molecule has 3 rings (SSSR count). The van der Waals surface area contributed by atoms with E-state index in [1.54, 1.807) is 12.1 Å². The number of ether oxygens (including phenoxy) is 1. The summed E-state index contributed by atoms with van der Waals surface area (Å²) in [4.78, 5) is 21.8. The first-order valence-corrected chi connectivity index (χ1v) is 8.38. The number of hydrogen-bond donors (Lipinski definition) is 1. The largest absolute Gasteiger partial charge is 0.378 e. The van der Waals surface area contributed by atoms with Gasteiger partial charge in [-0.3, -0.25) is 10.1 Å². The molecule has 0 saturated carbocycles. The number of morpholine rings is 1. The molecule has 0 unspecified atom stereocenters. The van der Waals surface area contributed by atoms with E-state index >= 15 is 0 Å². The first kappa shape index (κ1) is 19.9. The Morgan fingerprint density at radius 2 is 2.04 bits per heavy atom. The van der Waals surface area contributed by atoms with Gasteiger partial charge in [0.1, 0.15) is 5.82 Å². The lowest BCUT2D eigenvalue weighted by molar-refractivity contribution is -0.384. The summed E-state index contributed by atoms with van der Waals surface area (Å²) in [6.07, 6.45) is 1.83. The molecule has 0 atom stereocenters. The standard InChI is InChI=1S/C17H21N5O3.ClH/c1-2-4-13-12-16(21-7-9-25-10-8-21)20-17(18-13)19-14-5-3-6-15(11-14)22(23)24;/h3,5-6,11-12H,2,4,7-10H2,1H3,(H,18,19,20);1H. The number of non-ortho nitro benzene ring substituents is 1.